The van der Waals surface area contributed by atoms with Crippen LogP contribution in [0.1, 0.15) is 26.3 Å². The molecule has 3 rings (SSSR count). The molecule has 1 atom stereocenters. The van der Waals surface area contributed by atoms with Gasteiger partial charge in [-0.05, 0) is 63.2 Å². The fourth-order valence-electron chi connectivity index (χ4n) is 3.79. The van der Waals surface area contributed by atoms with Gasteiger partial charge in [-0.3, -0.25) is 13.9 Å². The number of methoxy groups -OCH3 is 1. The molecule has 1 unspecified atom stereocenters. The van der Waals surface area contributed by atoms with E-state index in [1.807, 2.05) is 0 Å². The molecule has 0 aliphatic rings. The van der Waals surface area contributed by atoms with Crippen molar-refractivity contribution < 1.29 is 27.1 Å². The van der Waals surface area contributed by atoms with Crippen LogP contribution >= 0.6 is 0 Å². The lowest BCUT2D eigenvalue weighted by molar-refractivity contribution is -0.139. The number of hydrogen-bond acceptors (Lipinski definition) is 5. The Morgan fingerprint density at radius 1 is 0.921 bits per heavy atom. The third kappa shape index (κ3) is 6.89. The first-order chi connectivity index (χ1) is 18.0. The zero-order valence-electron chi connectivity index (χ0n) is 21.8. The maximum absolute atomic E-state index is 14.5. The molecule has 202 valence electrons. The minimum absolute atomic E-state index is 0.00475. The molecule has 0 aliphatic heterocycles. The van der Waals surface area contributed by atoms with Gasteiger partial charge in [-0.2, -0.15) is 0 Å². The number of nitrogens with one attached hydrogen (secondary N) is 1. The lowest BCUT2D eigenvalue weighted by Crippen LogP contribution is -2.52. The monoisotopic (exact) mass is 541 g/mol. The van der Waals surface area contributed by atoms with Gasteiger partial charge in [0.25, 0.3) is 10.0 Å². The highest BCUT2D eigenvalue weighted by Gasteiger charge is 2.33. The fourth-order valence-corrected chi connectivity index (χ4v) is 5.23. The van der Waals surface area contributed by atoms with Crippen molar-refractivity contribution in [1.82, 2.24) is 10.2 Å². The van der Waals surface area contributed by atoms with Crippen LogP contribution in [0.2, 0.25) is 0 Å². The van der Waals surface area contributed by atoms with Crippen molar-refractivity contribution in [2.45, 2.75) is 44.3 Å². The van der Waals surface area contributed by atoms with Gasteiger partial charge in [-0.15, -0.1) is 0 Å². The van der Waals surface area contributed by atoms with Gasteiger partial charge < -0.3 is 15.0 Å². The van der Waals surface area contributed by atoms with E-state index >= 15 is 0 Å². The van der Waals surface area contributed by atoms with Crippen LogP contribution in [0, 0.1) is 5.82 Å². The van der Waals surface area contributed by atoms with Crippen molar-refractivity contribution in [2.24, 2.45) is 0 Å². The van der Waals surface area contributed by atoms with Gasteiger partial charge in [0.2, 0.25) is 11.8 Å². The number of carbonyl (C=O) groups excluding carboxylic acids is 2. The number of halogens is 1. The van der Waals surface area contributed by atoms with Gasteiger partial charge in [0.05, 0.1) is 17.7 Å². The third-order valence-electron chi connectivity index (χ3n) is 5.87. The largest absolute Gasteiger partial charge is 0.497 e. The Morgan fingerprint density at radius 3 is 2.11 bits per heavy atom. The third-order valence-corrected chi connectivity index (χ3v) is 7.66. The van der Waals surface area contributed by atoms with Gasteiger partial charge >= 0.3 is 0 Å². The summed E-state index contributed by atoms with van der Waals surface area (Å²) in [6, 6.07) is 18.7. The van der Waals surface area contributed by atoms with Gasteiger partial charge in [0.1, 0.15) is 24.2 Å². The molecule has 0 heterocycles. The number of rotatable bonds is 11. The molecule has 0 radical (unpaired) electrons. The topological polar surface area (TPSA) is 96.0 Å². The first-order valence-corrected chi connectivity index (χ1v) is 13.5. The molecule has 38 heavy (non-hydrogen) atoms. The van der Waals surface area contributed by atoms with Crippen molar-refractivity contribution in [2.75, 3.05) is 18.0 Å². The molecule has 0 fully saturated rings. The number of carbonyl (C=O) groups is 2. The van der Waals surface area contributed by atoms with Crippen LogP contribution in [0.5, 0.6) is 5.75 Å². The molecule has 0 bridgehead atoms. The van der Waals surface area contributed by atoms with Gasteiger partial charge in [-0.25, -0.2) is 12.8 Å². The molecule has 0 aliphatic carbocycles. The van der Waals surface area contributed by atoms with Crippen molar-refractivity contribution in [3.05, 3.63) is 90.2 Å². The number of amides is 2. The standard InChI is InChI=1S/C28H32FN3O5S/c1-20(2)30-28(34)21(3)31(18-22-10-8-9-13-26(22)29)27(33)19-32(23-14-16-24(37-4)17-15-23)38(35,36)25-11-6-5-7-12-25/h5-17,20-21H,18-19H2,1-4H3,(H,30,34). The van der Waals surface area contributed by atoms with Crippen LogP contribution in [-0.2, 0) is 26.2 Å². The van der Waals surface area contributed by atoms with E-state index in [2.05, 4.69) is 5.32 Å². The summed E-state index contributed by atoms with van der Waals surface area (Å²) in [7, 11) is -2.69. The molecule has 0 aromatic heterocycles. The average molecular weight is 542 g/mol. The van der Waals surface area contributed by atoms with Crippen LogP contribution in [0.25, 0.3) is 0 Å². The van der Waals surface area contributed by atoms with E-state index in [-0.39, 0.29) is 28.7 Å². The smallest absolute Gasteiger partial charge is 0.264 e. The van der Waals surface area contributed by atoms with E-state index in [0.717, 1.165) is 4.31 Å². The van der Waals surface area contributed by atoms with E-state index in [1.165, 1.54) is 61.4 Å². The number of anilines is 1. The minimum Gasteiger partial charge on any atom is -0.497 e. The van der Waals surface area contributed by atoms with Gasteiger partial charge in [0.15, 0.2) is 0 Å². The average Bonchev–Trinajstić information content (AvgIpc) is 2.91. The van der Waals surface area contributed by atoms with E-state index < -0.39 is 40.2 Å². The van der Waals surface area contributed by atoms with Gasteiger partial charge in [-0.1, -0.05) is 36.4 Å². The summed E-state index contributed by atoms with van der Waals surface area (Å²) in [6.45, 7) is 4.26. The van der Waals surface area contributed by atoms with E-state index in [4.69, 9.17) is 4.74 Å². The quantitative estimate of drug-likeness (QED) is 0.396. The Labute approximate surface area is 223 Å². The fraction of sp³-hybridized carbons (Fsp3) is 0.286. The van der Waals surface area contributed by atoms with Crippen molar-refractivity contribution in [3.63, 3.8) is 0 Å². The highest BCUT2D eigenvalue weighted by molar-refractivity contribution is 7.92. The Hall–Kier alpha value is -3.92. The number of ether oxygens (including phenoxy) is 1. The van der Waals surface area contributed by atoms with Crippen LogP contribution in [0.15, 0.2) is 83.8 Å². The van der Waals surface area contributed by atoms with E-state index in [0.29, 0.717) is 5.75 Å². The summed E-state index contributed by atoms with van der Waals surface area (Å²) in [5.74, 6) is -1.13. The molecular formula is C28H32FN3O5S. The Kier molecular flexibility index (Phi) is 9.46. The number of sulfonamides is 1. The Balaban J connectivity index is 2.03. The predicted octanol–water partition coefficient (Wildman–Crippen LogP) is 3.97. The van der Waals surface area contributed by atoms with Crippen molar-refractivity contribution in [1.29, 1.82) is 0 Å². The first-order valence-electron chi connectivity index (χ1n) is 12.1. The summed E-state index contributed by atoms with van der Waals surface area (Å²) in [5, 5.41) is 2.76. The molecule has 3 aromatic carbocycles. The van der Waals surface area contributed by atoms with E-state index in [1.54, 1.807) is 50.2 Å². The molecule has 2 amide bonds. The summed E-state index contributed by atoms with van der Waals surface area (Å²) >= 11 is 0. The normalized spacial score (nSPS) is 12.1. The lowest BCUT2D eigenvalue weighted by Gasteiger charge is -2.32. The van der Waals surface area contributed by atoms with Gasteiger partial charge in [0, 0.05) is 18.2 Å². The van der Waals surface area contributed by atoms with Crippen LogP contribution in [0.4, 0.5) is 10.1 Å². The second-order valence-electron chi connectivity index (χ2n) is 8.98. The molecule has 0 saturated heterocycles. The molecular weight excluding hydrogens is 509 g/mol. The highest BCUT2D eigenvalue weighted by Crippen LogP contribution is 2.26. The second-order valence-corrected chi connectivity index (χ2v) is 10.8. The van der Waals surface area contributed by atoms with Crippen LogP contribution in [-0.4, -0.2) is 50.9 Å². The molecule has 10 heteroatoms. The summed E-state index contributed by atoms with van der Waals surface area (Å²) in [5.41, 5.74) is 0.431. The highest BCUT2D eigenvalue weighted by atomic mass is 32.2. The van der Waals surface area contributed by atoms with Crippen molar-refractivity contribution in [3.8, 4) is 5.75 Å². The van der Waals surface area contributed by atoms with E-state index in [9.17, 15) is 22.4 Å². The summed E-state index contributed by atoms with van der Waals surface area (Å²) in [4.78, 5) is 27.8. The Morgan fingerprint density at radius 2 is 1.53 bits per heavy atom. The SMILES string of the molecule is COc1ccc(N(CC(=O)N(Cc2ccccc2F)C(C)C(=O)NC(C)C)S(=O)(=O)c2ccccc2)cc1. The van der Waals surface area contributed by atoms with Crippen molar-refractivity contribution >= 4 is 27.5 Å². The molecule has 8 nitrogen and oxygen atoms in total. The molecule has 0 saturated carbocycles. The zero-order chi connectivity index (χ0) is 27.9. The Bertz CT molecular complexity index is 1350. The number of benzene rings is 3. The van der Waals surface area contributed by atoms with Crippen LogP contribution in [0.3, 0.4) is 0 Å². The maximum atomic E-state index is 14.5. The maximum Gasteiger partial charge on any atom is 0.264 e. The summed E-state index contributed by atoms with van der Waals surface area (Å²) < 4.78 is 48.1. The first kappa shape index (κ1) is 28.6. The molecule has 1 N–H and O–H groups in total. The number of hydrogen-bond donors (Lipinski definition) is 1. The summed E-state index contributed by atoms with van der Waals surface area (Å²) in [6.07, 6.45) is 0. The predicted molar refractivity (Wildman–Crippen MR) is 144 cm³/mol. The van der Waals surface area contributed by atoms with Crippen LogP contribution < -0.4 is 14.4 Å². The second kappa shape index (κ2) is 12.6. The zero-order valence-corrected chi connectivity index (χ0v) is 22.6. The molecule has 3 aromatic rings. The minimum atomic E-state index is -4.18. The molecule has 0 spiro atoms. The number of nitrogens with zero attached hydrogens (tertiary/aromatic N) is 2. The lowest BCUT2D eigenvalue weighted by atomic mass is 10.1.